The molecule has 1 N–H and O–H groups in total. The minimum Gasteiger partial charge on any atom is -0.336 e. The molecule has 2 rings (SSSR count). The lowest BCUT2D eigenvalue weighted by Gasteiger charge is -2.29. The summed E-state index contributed by atoms with van der Waals surface area (Å²) < 4.78 is 1.68. The third-order valence-corrected chi connectivity index (χ3v) is 3.74. The highest BCUT2D eigenvalue weighted by atomic mass is 16.2. The Morgan fingerprint density at radius 2 is 2.37 bits per heavy atom. The van der Waals surface area contributed by atoms with Gasteiger partial charge in [0.15, 0.2) is 0 Å². The Labute approximate surface area is 115 Å². The number of hydrogen-bond donors (Lipinski definition) is 1. The summed E-state index contributed by atoms with van der Waals surface area (Å²) in [6, 6.07) is 2.30. The fourth-order valence-corrected chi connectivity index (χ4v) is 2.67. The second kappa shape index (κ2) is 6.19. The monoisotopic (exact) mass is 264 g/mol. The largest absolute Gasteiger partial charge is 0.336 e. The molecule has 0 radical (unpaired) electrons. The van der Waals surface area contributed by atoms with Crippen molar-refractivity contribution in [3.8, 4) is 0 Å². The molecule has 0 aliphatic carbocycles. The molecule has 1 aliphatic rings. The van der Waals surface area contributed by atoms with Crippen molar-refractivity contribution in [1.82, 2.24) is 20.0 Å². The molecule has 1 aromatic rings. The van der Waals surface area contributed by atoms with Crippen LogP contribution in [0.2, 0.25) is 0 Å². The van der Waals surface area contributed by atoms with E-state index in [0.717, 1.165) is 31.7 Å². The molecule has 1 aromatic heterocycles. The Morgan fingerprint density at radius 1 is 1.58 bits per heavy atom. The number of carbonyl (C=O) groups is 1. The molecule has 5 nitrogen and oxygen atoms in total. The van der Waals surface area contributed by atoms with Crippen LogP contribution >= 0.6 is 0 Å². The molecule has 1 aliphatic heterocycles. The first-order valence-corrected chi connectivity index (χ1v) is 7.15. The average Bonchev–Trinajstić information content (AvgIpc) is 2.75. The summed E-state index contributed by atoms with van der Waals surface area (Å²) in [5, 5.41) is 7.74. The Bertz CT molecular complexity index is 435. The molecule has 0 bridgehead atoms. The van der Waals surface area contributed by atoms with E-state index in [1.165, 1.54) is 12.8 Å². The molecule has 0 aromatic carbocycles. The molecule has 1 atom stereocenters. The molecule has 1 fully saturated rings. The highest BCUT2D eigenvalue weighted by Gasteiger charge is 2.22. The predicted octanol–water partition coefficient (Wildman–Crippen LogP) is 1.33. The smallest absolute Gasteiger partial charge is 0.272 e. The lowest BCUT2D eigenvalue weighted by atomic mass is 10.0. The maximum absolute atomic E-state index is 12.5. The van der Waals surface area contributed by atoms with Crippen LogP contribution in [0, 0.1) is 6.92 Å². The maximum Gasteiger partial charge on any atom is 0.272 e. The SMILES string of the molecule is CCN(CC1CCCCN1)C(=O)c1cc(C)nn1C. The molecule has 2 heterocycles. The van der Waals surface area contributed by atoms with E-state index in [2.05, 4.69) is 10.4 Å². The molecular weight excluding hydrogens is 240 g/mol. The first-order valence-electron chi connectivity index (χ1n) is 7.15. The van der Waals surface area contributed by atoms with Gasteiger partial charge in [0.25, 0.3) is 5.91 Å². The van der Waals surface area contributed by atoms with Gasteiger partial charge < -0.3 is 10.2 Å². The van der Waals surface area contributed by atoms with Gasteiger partial charge in [0.2, 0.25) is 0 Å². The van der Waals surface area contributed by atoms with Crippen molar-refractivity contribution < 1.29 is 4.79 Å². The van der Waals surface area contributed by atoms with Gasteiger partial charge in [-0.05, 0) is 39.3 Å². The fourth-order valence-electron chi connectivity index (χ4n) is 2.67. The summed E-state index contributed by atoms with van der Waals surface area (Å²) in [4.78, 5) is 14.4. The van der Waals surface area contributed by atoms with E-state index in [1.54, 1.807) is 4.68 Å². The fraction of sp³-hybridized carbons (Fsp3) is 0.714. The molecule has 0 saturated carbocycles. The lowest BCUT2D eigenvalue weighted by Crippen LogP contribution is -2.46. The molecule has 19 heavy (non-hydrogen) atoms. The number of aromatic nitrogens is 2. The van der Waals surface area contributed by atoms with Crippen LogP contribution in [0.5, 0.6) is 0 Å². The van der Waals surface area contributed by atoms with Crippen molar-refractivity contribution in [2.24, 2.45) is 7.05 Å². The van der Waals surface area contributed by atoms with Crippen molar-refractivity contribution in [1.29, 1.82) is 0 Å². The van der Waals surface area contributed by atoms with Crippen LogP contribution in [0.4, 0.5) is 0 Å². The van der Waals surface area contributed by atoms with Crippen LogP contribution in [-0.2, 0) is 7.05 Å². The van der Waals surface area contributed by atoms with E-state index in [9.17, 15) is 4.79 Å². The van der Waals surface area contributed by atoms with E-state index in [4.69, 9.17) is 0 Å². The molecule has 1 unspecified atom stereocenters. The number of rotatable bonds is 4. The Hall–Kier alpha value is -1.36. The van der Waals surface area contributed by atoms with Gasteiger partial charge in [-0.1, -0.05) is 6.42 Å². The van der Waals surface area contributed by atoms with Gasteiger partial charge in [-0.15, -0.1) is 0 Å². The molecule has 1 saturated heterocycles. The normalized spacial score (nSPS) is 19.4. The van der Waals surface area contributed by atoms with Crippen molar-refractivity contribution in [3.05, 3.63) is 17.5 Å². The Morgan fingerprint density at radius 3 is 2.89 bits per heavy atom. The maximum atomic E-state index is 12.5. The first kappa shape index (κ1) is 14.1. The van der Waals surface area contributed by atoms with Crippen molar-refractivity contribution in [3.63, 3.8) is 0 Å². The summed E-state index contributed by atoms with van der Waals surface area (Å²) in [5.41, 5.74) is 1.56. The molecule has 5 heteroatoms. The lowest BCUT2D eigenvalue weighted by molar-refractivity contribution is 0.0730. The van der Waals surface area contributed by atoms with E-state index in [-0.39, 0.29) is 5.91 Å². The zero-order valence-electron chi connectivity index (χ0n) is 12.1. The van der Waals surface area contributed by atoms with Gasteiger partial charge in [0.05, 0.1) is 5.69 Å². The van der Waals surface area contributed by atoms with Gasteiger partial charge in [-0.25, -0.2) is 0 Å². The number of carbonyl (C=O) groups excluding carboxylic acids is 1. The molecule has 0 spiro atoms. The summed E-state index contributed by atoms with van der Waals surface area (Å²) in [7, 11) is 1.83. The first-order chi connectivity index (χ1) is 9.11. The Kier molecular flexibility index (Phi) is 4.58. The van der Waals surface area contributed by atoms with Crippen molar-refractivity contribution in [2.45, 2.75) is 39.2 Å². The number of aryl methyl sites for hydroxylation is 2. The molecule has 1 amide bonds. The zero-order valence-corrected chi connectivity index (χ0v) is 12.1. The van der Waals surface area contributed by atoms with Crippen LogP contribution in [0.15, 0.2) is 6.07 Å². The van der Waals surface area contributed by atoms with E-state index in [0.29, 0.717) is 11.7 Å². The zero-order chi connectivity index (χ0) is 13.8. The van der Waals surface area contributed by atoms with Crippen molar-refractivity contribution in [2.75, 3.05) is 19.6 Å². The van der Waals surface area contributed by atoms with Gasteiger partial charge in [0.1, 0.15) is 5.69 Å². The van der Waals surface area contributed by atoms with E-state index < -0.39 is 0 Å². The number of hydrogen-bond acceptors (Lipinski definition) is 3. The summed E-state index contributed by atoms with van der Waals surface area (Å²) in [5.74, 6) is 0.0815. The van der Waals surface area contributed by atoms with Gasteiger partial charge in [-0.3, -0.25) is 9.48 Å². The summed E-state index contributed by atoms with van der Waals surface area (Å²) in [6.45, 7) is 6.54. The number of piperidine rings is 1. The van der Waals surface area contributed by atoms with E-state index in [1.807, 2.05) is 31.9 Å². The van der Waals surface area contributed by atoms with Crippen LogP contribution in [-0.4, -0.2) is 46.3 Å². The second-order valence-corrected chi connectivity index (χ2v) is 5.29. The number of nitrogens with zero attached hydrogens (tertiary/aromatic N) is 3. The number of likely N-dealkylation sites (N-methyl/N-ethyl adjacent to an activating group) is 1. The number of nitrogens with one attached hydrogen (secondary N) is 1. The average molecular weight is 264 g/mol. The minimum atomic E-state index is 0.0815. The quantitative estimate of drug-likeness (QED) is 0.892. The summed E-state index contributed by atoms with van der Waals surface area (Å²) in [6.07, 6.45) is 3.67. The third-order valence-electron chi connectivity index (χ3n) is 3.74. The minimum absolute atomic E-state index is 0.0815. The van der Waals surface area contributed by atoms with Crippen LogP contribution < -0.4 is 5.32 Å². The molecular formula is C14H24N4O. The van der Waals surface area contributed by atoms with Crippen LogP contribution in [0.25, 0.3) is 0 Å². The highest BCUT2D eigenvalue weighted by Crippen LogP contribution is 2.11. The third kappa shape index (κ3) is 3.35. The van der Waals surface area contributed by atoms with Gasteiger partial charge in [0, 0.05) is 26.2 Å². The van der Waals surface area contributed by atoms with Crippen molar-refractivity contribution >= 4 is 5.91 Å². The highest BCUT2D eigenvalue weighted by molar-refractivity contribution is 5.92. The Balaban J connectivity index is 2.04. The predicted molar refractivity (Wildman–Crippen MR) is 75.2 cm³/mol. The van der Waals surface area contributed by atoms with Gasteiger partial charge in [-0.2, -0.15) is 5.10 Å². The van der Waals surface area contributed by atoms with Crippen LogP contribution in [0.3, 0.4) is 0 Å². The standard InChI is InChI=1S/C14H24N4O/c1-4-18(10-12-7-5-6-8-15-12)14(19)13-9-11(2)16-17(13)3/h9,12,15H,4-8,10H2,1-3H3. The van der Waals surface area contributed by atoms with E-state index >= 15 is 0 Å². The van der Waals surface area contributed by atoms with Crippen LogP contribution in [0.1, 0.15) is 42.4 Å². The molecule has 106 valence electrons. The summed E-state index contributed by atoms with van der Waals surface area (Å²) >= 11 is 0. The second-order valence-electron chi connectivity index (χ2n) is 5.29. The van der Waals surface area contributed by atoms with Gasteiger partial charge >= 0.3 is 0 Å². The topological polar surface area (TPSA) is 50.2 Å². The number of amides is 1.